The van der Waals surface area contributed by atoms with Crippen LogP contribution in [0.2, 0.25) is 0 Å². The number of halogens is 1. The molecule has 1 saturated heterocycles. The van der Waals surface area contributed by atoms with Crippen molar-refractivity contribution in [3.8, 4) is 0 Å². The number of benzene rings is 2. The average Bonchev–Trinajstić information content (AvgIpc) is 2.57. The summed E-state index contributed by atoms with van der Waals surface area (Å²) < 4.78 is 13.3. The number of amides is 1. The second-order valence-electron chi connectivity index (χ2n) is 6.01. The number of piperazine rings is 1. The van der Waals surface area contributed by atoms with E-state index in [1.807, 2.05) is 42.2 Å². The number of hydrogen-bond donors (Lipinski definition) is 0. The molecule has 0 saturated carbocycles. The molecule has 3 nitrogen and oxygen atoms in total. The molecule has 2 aromatic carbocycles. The minimum atomic E-state index is -0.222. The highest BCUT2D eigenvalue weighted by Gasteiger charge is 2.21. The summed E-state index contributed by atoms with van der Waals surface area (Å²) in [6, 6.07) is 14.7. The summed E-state index contributed by atoms with van der Waals surface area (Å²) in [5.41, 5.74) is 3.13. The van der Waals surface area contributed by atoms with Gasteiger partial charge < -0.3 is 9.80 Å². The summed E-state index contributed by atoms with van der Waals surface area (Å²) >= 11 is 0. The van der Waals surface area contributed by atoms with Crippen molar-refractivity contribution in [3.05, 3.63) is 65.5 Å². The molecule has 1 aliphatic rings. The molecule has 1 aliphatic heterocycles. The normalized spacial score (nSPS) is 14.9. The Morgan fingerprint density at radius 3 is 2.39 bits per heavy atom. The lowest BCUT2D eigenvalue weighted by molar-refractivity contribution is -0.130. The van der Waals surface area contributed by atoms with E-state index in [0.29, 0.717) is 19.5 Å². The molecule has 4 heteroatoms. The highest BCUT2D eigenvalue weighted by molar-refractivity contribution is 5.79. The van der Waals surface area contributed by atoms with E-state index in [2.05, 4.69) is 4.90 Å². The van der Waals surface area contributed by atoms with E-state index in [1.54, 1.807) is 12.1 Å². The van der Waals surface area contributed by atoms with Crippen LogP contribution in [0, 0.1) is 12.7 Å². The molecule has 23 heavy (non-hydrogen) atoms. The second kappa shape index (κ2) is 6.82. The van der Waals surface area contributed by atoms with E-state index in [9.17, 15) is 9.18 Å². The minimum absolute atomic E-state index is 0.160. The summed E-state index contributed by atoms with van der Waals surface area (Å²) in [4.78, 5) is 16.4. The molecule has 0 aliphatic carbocycles. The first kappa shape index (κ1) is 15.5. The predicted molar refractivity (Wildman–Crippen MR) is 90.1 cm³/mol. The van der Waals surface area contributed by atoms with E-state index >= 15 is 0 Å². The van der Waals surface area contributed by atoms with Gasteiger partial charge in [-0.05, 0) is 30.7 Å². The maximum atomic E-state index is 13.3. The Bertz CT molecular complexity index is 676. The first-order chi connectivity index (χ1) is 11.1. The van der Waals surface area contributed by atoms with Gasteiger partial charge in [0.2, 0.25) is 5.91 Å². The van der Waals surface area contributed by atoms with Gasteiger partial charge in [0, 0.05) is 31.9 Å². The third-order valence-corrected chi connectivity index (χ3v) is 4.28. The second-order valence-corrected chi connectivity index (χ2v) is 6.01. The SMILES string of the molecule is Cc1ccc(CC(=O)N2CCN(c3cccc(F)c3)CC2)cc1. The molecular weight excluding hydrogens is 291 g/mol. The molecule has 0 spiro atoms. The van der Waals surface area contributed by atoms with Crippen LogP contribution in [0.15, 0.2) is 48.5 Å². The van der Waals surface area contributed by atoms with Gasteiger partial charge in [0.1, 0.15) is 5.82 Å². The molecule has 1 amide bonds. The highest BCUT2D eigenvalue weighted by Crippen LogP contribution is 2.18. The van der Waals surface area contributed by atoms with Crippen molar-refractivity contribution >= 4 is 11.6 Å². The summed E-state index contributed by atoms with van der Waals surface area (Å²) in [7, 11) is 0. The number of carbonyl (C=O) groups is 1. The molecule has 1 fully saturated rings. The Morgan fingerprint density at radius 1 is 1.04 bits per heavy atom. The highest BCUT2D eigenvalue weighted by atomic mass is 19.1. The average molecular weight is 312 g/mol. The number of aryl methyl sites for hydroxylation is 1. The molecule has 3 rings (SSSR count). The van der Waals surface area contributed by atoms with Crippen LogP contribution in [0.3, 0.4) is 0 Å². The van der Waals surface area contributed by atoms with Crippen LogP contribution >= 0.6 is 0 Å². The molecule has 0 atom stereocenters. The monoisotopic (exact) mass is 312 g/mol. The van der Waals surface area contributed by atoms with Gasteiger partial charge in [-0.1, -0.05) is 35.9 Å². The Labute approximate surface area is 136 Å². The van der Waals surface area contributed by atoms with Crippen molar-refractivity contribution < 1.29 is 9.18 Å². The van der Waals surface area contributed by atoms with Crippen molar-refractivity contribution in [1.82, 2.24) is 4.90 Å². The molecule has 120 valence electrons. The zero-order valence-corrected chi connectivity index (χ0v) is 13.3. The maximum absolute atomic E-state index is 13.3. The molecule has 0 N–H and O–H groups in total. The van der Waals surface area contributed by atoms with Crippen LogP contribution in [0.5, 0.6) is 0 Å². The zero-order chi connectivity index (χ0) is 16.2. The number of hydrogen-bond acceptors (Lipinski definition) is 2. The fourth-order valence-electron chi connectivity index (χ4n) is 2.88. The zero-order valence-electron chi connectivity index (χ0n) is 13.3. The first-order valence-corrected chi connectivity index (χ1v) is 7.96. The lowest BCUT2D eigenvalue weighted by Gasteiger charge is -2.36. The number of carbonyl (C=O) groups excluding carboxylic acids is 1. The van der Waals surface area contributed by atoms with Crippen molar-refractivity contribution in [1.29, 1.82) is 0 Å². The van der Waals surface area contributed by atoms with Crippen molar-refractivity contribution in [2.75, 3.05) is 31.1 Å². The van der Waals surface area contributed by atoms with Gasteiger partial charge in [0.05, 0.1) is 6.42 Å². The van der Waals surface area contributed by atoms with Crippen molar-refractivity contribution in [2.24, 2.45) is 0 Å². The fourth-order valence-corrected chi connectivity index (χ4v) is 2.88. The largest absolute Gasteiger partial charge is 0.368 e. The molecule has 0 bridgehead atoms. The van der Waals surface area contributed by atoms with Gasteiger partial charge in [-0.15, -0.1) is 0 Å². The smallest absolute Gasteiger partial charge is 0.227 e. The van der Waals surface area contributed by atoms with E-state index in [-0.39, 0.29) is 11.7 Å². The topological polar surface area (TPSA) is 23.6 Å². The summed E-state index contributed by atoms with van der Waals surface area (Å²) in [6.45, 7) is 4.88. The summed E-state index contributed by atoms with van der Waals surface area (Å²) in [5.74, 6) is -0.0619. The Balaban J connectivity index is 1.56. The summed E-state index contributed by atoms with van der Waals surface area (Å²) in [6.07, 6.45) is 0.445. The molecule has 0 radical (unpaired) electrons. The predicted octanol–water partition coefficient (Wildman–Crippen LogP) is 3.03. The fraction of sp³-hybridized carbons (Fsp3) is 0.316. The first-order valence-electron chi connectivity index (χ1n) is 7.96. The van der Waals surface area contributed by atoms with Crippen LogP contribution in [0.1, 0.15) is 11.1 Å². The molecule has 1 heterocycles. The van der Waals surface area contributed by atoms with Gasteiger partial charge in [0.15, 0.2) is 0 Å². The standard InChI is InChI=1S/C19H21FN2O/c1-15-5-7-16(8-6-15)13-19(23)22-11-9-21(10-12-22)18-4-2-3-17(20)14-18/h2-8,14H,9-13H2,1H3. The number of nitrogens with zero attached hydrogens (tertiary/aromatic N) is 2. The number of anilines is 1. The van der Waals surface area contributed by atoms with E-state index in [1.165, 1.54) is 11.6 Å². The molecular formula is C19H21FN2O. The van der Waals surface area contributed by atoms with Gasteiger partial charge in [0.25, 0.3) is 0 Å². The molecule has 0 unspecified atom stereocenters. The van der Waals surface area contributed by atoms with Gasteiger partial charge in [-0.2, -0.15) is 0 Å². The summed E-state index contributed by atoms with van der Waals surface area (Å²) in [5, 5.41) is 0. The maximum Gasteiger partial charge on any atom is 0.227 e. The van der Waals surface area contributed by atoms with Gasteiger partial charge >= 0.3 is 0 Å². The Morgan fingerprint density at radius 2 is 1.74 bits per heavy atom. The van der Waals surface area contributed by atoms with Gasteiger partial charge in [-0.3, -0.25) is 4.79 Å². The van der Waals surface area contributed by atoms with E-state index in [4.69, 9.17) is 0 Å². The quantitative estimate of drug-likeness (QED) is 0.870. The number of rotatable bonds is 3. The van der Waals surface area contributed by atoms with E-state index in [0.717, 1.165) is 24.3 Å². The molecule has 0 aromatic heterocycles. The van der Waals surface area contributed by atoms with Crippen LogP contribution in [0.4, 0.5) is 10.1 Å². The van der Waals surface area contributed by atoms with Gasteiger partial charge in [-0.25, -0.2) is 4.39 Å². The van der Waals surface area contributed by atoms with Crippen LogP contribution < -0.4 is 4.90 Å². The van der Waals surface area contributed by atoms with E-state index < -0.39 is 0 Å². The minimum Gasteiger partial charge on any atom is -0.368 e. The molecule has 2 aromatic rings. The Kier molecular flexibility index (Phi) is 4.60. The Hall–Kier alpha value is -2.36. The van der Waals surface area contributed by atoms with Crippen molar-refractivity contribution in [2.45, 2.75) is 13.3 Å². The van der Waals surface area contributed by atoms with Crippen LogP contribution in [-0.4, -0.2) is 37.0 Å². The lowest BCUT2D eigenvalue weighted by atomic mass is 10.1. The van der Waals surface area contributed by atoms with Crippen LogP contribution in [-0.2, 0) is 11.2 Å². The third kappa shape index (κ3) is 3.89. The third-order valence-electron chi connectivity index (χ3n) is 4.28. The lowest BCUT2D eigenvalue weighted by Crippen LogP contribution is -2.49. The van der Waals surface area contributed by atoms with Crippen molar-refractivity contribution in [3.63, 3.8) is 0 Å². The van der Waals surface area contributed by atoms with Crippen LogP contribution in [0.25, 0.3) is 0 Å².